The van der Waals surface area contributed by atoms with Crippen molar-refractivity contribution in [3.05, 3.63) is 29.3 Å². The molecule has 0 fully saturated rings. The molecule has 0 radical (unpaired) electrons. The molecular weight excluding hydrogens is 226 g/mol. The van der Waals surface area contributed by atoms with Gasteiger partial charge in [0.2, 0.25) is 0 Å². The number of nitrogens with zero attached hydrogens (tertiary/aromatic N) is 1. The van der Waals surface area contributed by atoms with Crippen molar-refractivity contribution in [3.8, 4) is 0 Å². The molecule has 3 nitrogen and oxygen atoms in total. The van der Waals surface area contributed by atoms with E-state index >= 15 is 0 Å². The summed E-state index contributed by atoms with van der Waals surface area (Å²) in [5.41, 5.74) is 2.87. The molecule has 0 aromatic heterocycles. The van der Waals surface area contributed by atoms with Crippen molar-refractivity contribution in [1.82, 2.24) is 0 Å². The fourth-order valence-corrected chi connectivity index (χ4v) is 3.22. The van der Waals surface area contributed by atoms with Crippen LogP contribution in [-0.2, 0) is 0 Å². The Hall–Kier alpha value is -1.51. The van der Waals surface area contributed by atoms with Gasteiger partial charge in [-0.1, -0.05) is 6.92 Å². The first-order valence-electron chi connectivity index (χ1n) is 6.51. The minimum absolute atomic E-state index is 0.131. The van der Waals surface area contributed by atoms with Crippen LogP contribution in [0.25, 0.3) is 0 Å². The standard InChI is InChI=1S/C15H21NO2/c1-5-16-13-7-6-11(14(17)18)8-12(13)10(2)9-15(16,3)4/h6-8,10H,5,9H2,1-4H3,(H,17,18)/t10-/m0/s1. The number of carboxylic acid groups (broad SMARTS) is 1. The number of benzene rings is 1. The maximum Gasteiger partial charge on any atom is 0.335 e. The van der Waals surface area contributed by atoms with Crippen LogP contribution >= 0.6 is 0 Å². The molecule has 0 amide bonds. The Labute approximate surface area is 108 Å². The summed E-state index contributed by atoms with van der Waals surface area (Å²) in [6, 6.07) is 5.50. The summed E-state index contributed by atoms with van der Waals surface area (Å²) in [7, 11) is 0. The van der Waals surface area contributed by atoms with Crippen molar-refractivity contribution < 1.29 is 9.90 Å². The Morgan fingerprint density at radius 1 is 1.50 bits per heavy atom. The molecule has 0 unspecified atom stereocenters. The number of fused-ring (bicyclic) bond motifs is 1. The van der Waals surface area contributed by atoms with E-state index in [2.05, 4.69) is 32.6 Å². The Kier molecular flexibility index (Phi) is 3.09. The lowest BCUT2D eigenvalue weighted by Crippen LogP contribution is -2.48. The lowest BCUT2D eigenvalue weighted by molar-refractivity contribution is 0.0696. The third-order valence-electron chi connectivity index (χ3n) is 3.95. The Balaban J connectivity index is 2.54. The van der Waals surface area contributed by atoms with Gasteiger partial charge >= 0.3 is 5.97 Å². The lowest BCUT2D eigenvalue weighted by Gasteiger charge is -2.47. The van der Waals surface area contributed by atoms with Crippen LogP contribution in [0.3, 0.4) is 0 Å². The van der Waals surface area contributed by atoms with Gasteiger partial charge in [-0.25, -0.2) is 4.79 Å². The van der Waals surface area contributed by atoms with Gasteiger partial charge in [-0.05, 0) is 56.9 Å². The molecule has 1 aliphatic rings. The number of rotatable bonds is 2. The second kappa shape index (κ2) is 4.30. The van der Waals surface area contributed by atoms with Gasteiger partial charge in [0.05, 0.1) is 5.56 Å². The van der Waals surface area contributed by atoms with E-state index in [-0.39, 0.29) is 5.54 Å². The van der Waals surface area contributed by atoms with E-state index in [1.807, 2.05) is 12.1 Å². The first kappa shape index (κ1) is 12.9. The number of hydrogen-bond acceptors (Lipinski definition) is 2. The van der Waals surface area contributed by atoms with Gasteiger partial charge in [0.25, 0.3) is 0 Å². The highest BCUT2D eigenvalue weighted by atomic mass is 16.4. The van der Waals surface area contributed by atoms with Crippen LogP contribution < -0.4 is 4.90 Å². The van der Waals surface area contributed by atoms with E-state index in [4.69, 9.17) is 5.11 Å². The number of hydrogen-bond donors (Lipinski definition) is 1. The van der Waals surface area contributed by atoms with Crippen molar-refractivity contribution in [2.24, 2.45) is 0 Å². The molecule has 1 N–H and O–H groups in total. The number of anilines is 1. The molecule has 1 heterocycles. The maximum atomic E-state index is 11.1. The molecule has 3 heteroatoms. The summed E-state index contributed by atoms with van der Waals surface area (Å²) in [6.07, 6.45) is 1.05. The van der Waals surface area contributed by atoms with Crippen LogP contribution in [-0.4, -0.2) is 23.2 Å². The highest BCUT2D eigenvalue weighted by Gasteiger charge is 2.35. The fourth-order valence-electron chi connectivity index (χ4n) is 3.22. The van der Waals surface area contributed by atoms with Crippen molar-refractivity contribution >= 4 is 11.7 Å². The molecule has 1 atom stereocenters. The predicted octanol–water partition coefficient (Wildman–Crippen LogP) is 3.50. The first-order valence-corrected chi connectivity index (χ1v) is 6.51. The maximum absolute atomic E-state index is 11.1. The zero-order chi connectivity index (χ0) is 13.5. The van der Waals surface area contributed by atoms with Crippen molar-refractivity contribution in [3.63, 3.8) is 0 Å². The minimum Gasteiger partial charge on any atom is -0.478 e. The average molecular weight is 247 g/mol. The van der Waals surface area contributed by atoms with Crippen molar-refractivity contribution in [1.29, 1.82) is 0 Å². The molecule has 18 heavy (non-hydrogen) atoms. The summed E-state index contributed by atoms with van der Waals surface area (Å²) in [5, 5.41) is 9.08. The average Bonchev–Trinajstić information content (AvgIpc) is 2.27. The number of carbonyl (C=O) groups is 1. The van der Waals surface area contributed by atoms with Gasteiger partial charge in [-0.15, -0.1) is 0 Å². The molecular formula is C15H21NO2. The third-order valence-corrected chi connectivity index (χ3v) is 3.95. The molecule has 0 spiro atoms. The smallest absolute Gasteiger partial charge is 0.335 e. The van der Waals surface area contributed by atoms with Gasteiger partial charge in [-0.3, -0.25) is 0 Å². The first-order chi connectivity index (χ1) is 8.36. The van der Waals surface area contributed by atoms with E-state index in [9.17, 15) is 4.79 Å². The molecule has 1 aromatic carbocycles. The molecule has 98 valence electrons. The summed E-state index contributed by atoms with van der Waals surface area (Å²) in [5.74, 6) is -0.449. The highest BCUT2D eigenvalue weighted by molar-refractivity contribution is 5.88. The van der Waals surface area contributed by atoms with Crippen molar-refractivity contribution in [2.75, 3.05) is 11.4 Å². The normalized spacial score (nSPS) is 21.6. The Morgan fingerprint density at radius 2 is 2.17 bits per heavy atom. The number of aromatic carboxylic acids is 1. The minimum atomic E-state index is -0.849. The predicted molar refractivity (Wildman–Crippen MR) is 73.5 cm³/mol. The van der Waals surface area contributed by atoms with Crippen LogP contribution in [0, 0.1) is 0 Å². The second-order valence-electron chi connectivity index (χ2n) is 5.74. The molecule has 0 saturated carbocycles. The van der Waals surface area contributed by atoms with E-state index in [0.717, 1.165) is 18.5 Å². The Morgan fingerprint density at radius 3 is 2.72 bits per heavy atom. The van der Waals surface area contributed by atoms with E-state index in [1.54, 1.807) is 6.07 Å². The zero-order valence-corrected chi connectivity index (χ0v) is 11.5. The van der Waals surface area contributed by atoms with Crippen molar-refractivity contribution in [2.45, 2.75) is 45.6 Å². The zero-order valence-electron chi connectivity index (χ0n) is 11.5. The number of carboxylic acids is 1. The van der Waals surface area contributed by atoms with Gasteiger partial charge in [0.15, 0.2) is 0 Å². The van der Waals surface area contributed by atoms with Crippen LogP contribution in [0.5, 0.6) is 0 Å². The molecule has 1 aromatic rings. The van der Waals surface area contributed by atoms with Gasteiger partial charge in [-0.2, -0.15) is 0 Å². The second-order valence-corrected chi connectivity index (χ2v) is 5.74. The van der Waals surface area contributed by atoms with Crippen LogP contribution in [0.2, 0.25) is 0 Å². The van der Waals surface area contributed by atoms with Crippen LogP contribution in [0.15, 0.2) is 18.2 Å². The Bertz CT molecular complexity index is 479. The van der Waals surface area contributed by atoms with E-state index < -0.39 is 5.97 Å². The van der Waals surface area contributed by atoms with Crippen LogP contribution in [0.1, 0.15) is 56.0 Å². The van der Waals surface area contributed by atoms with Crippen LogP contribution in [0.4, 0.5) is 5.69 Å². The summed E-state index contributed by atoms with van der Waals surface area (Å²) < 4.78 is 0. The SMILES string of the molecule is CCN1c2ccc(C(=O)O)cc2[C@@H](C)CC1(C)C. The van der Waals surface area contributed by atoms with E-state index in [1.165, 1.54) is 5.69 Å². The third kappa shape index (κ3) is 1.98. The topological polar surface area (TPSA) is 40.5 Å². The molecule has 0 aliphatic carbocycles. The molecule has 2 rings (SSSR count). The summed E-state index contributed by atoms with van der Waals surface area (Å²) in [4.78, 5) is 13.4. The van der Waals surface area contributed by atoms with Gasteiger partial charge in [0.1, 0.15) is 0 Å². The van der Waals surface area contributed by atoms with E-state index in [0.29, 0.717) is 11.5 Å². The van der Waals surface area contributed by atoms with Gasteiger partial charge in [0, 0.05) is 17.8 Å². The monoisotopic (exact) mass is 247 g/mol. The van der Waals surface area contributed by atoms with Gasteiger partial charge < -0.3 is 10.0 Å². The molecule has 1 aliphatic heterocycles. The molecule has 0 saturated heterocycles. The lowest BCUT2D eigenvalue weighted by atomic mass is 9.79. The largest absolute Gasteiger partial charge is 0.478 e. The fraction of sp³-hybridized carbons (Fsp3) is 0.533. The highest BCUT2D eigenvalue weighted by Crippen LogP contribution is 2.43. The quantitative estimate of drug-likeness (QED) is 0.869. The summed E-state index contributed by atoms with van der Waals surface area (Å²) in [6.45, 7) is 9.77. The summed E-state index contributed by atoms with van der Waals surface area (Å²) >= 11 is 0. The molecule has 0 bridgehead atoms.